The van der Waals surface area contributed by atoms with E-state index in [4.69, 9.17) is 10.8 Å². The molecular formula is C33H39N5O3. The number of aryl methyl sites for hydroxylation is 1. The SMILES string of the molecule is CC(C)(C)c1ccc(Cn2nc(-c3cccnc3)cc2CCCCC(=O)N[C@@H](Cc2ccc(O)cc2)C(N)=O)cc1. The minimum atomic E-state index is -0.805. The van der Waals surface area contributed by atoms with Crippen LogP contribution in [0.15, 0.2) is 79.1 Å². The zero-order chi connectivity index (χ0) is 29.4. The van der Waals surface area contributed by atoms with Gasteiger partial charge in [-0.15, -0.1) is 0 Å². The van der Waals surface area contributed by atoms with E-state index >= 15 is 0 Å². The lowest BCUT2D eigenvalue weighted by molar-refractivity contribution is -0.127. The number of aromatic nitrogens is 3. The first kappa shape index (κ1) is 29.5. The minimum Gasteiger partial charge on any atom is -0.508 e. The van der Waals surface area contributed by atoms with Gasteiger partial charge < -0.3 is 16.2 Å². The zero-order valence-electron chi connectivity index (χ0n) is 24.0. The number of primary amides is 1. The second-order valence-corrected chi connectivity index (χ2v) is 11.5. The Labute approximate surface area is 241 Å². The fourth-order valence-corrected chi connectivity index (χ4v) is 4.68. The van der Waals surface area contributed by atoms with E-state index in [2.05, 4.69) is 61.4 Å². The van der Waals surface area contributed by atoms with Crippen LogP contribution in [0.3, 0.4) is 0 Å². The highest BCUT2D eigenvalue weighted by Gasteiger charge is 2.19. The van der Waals surface area contributed by atoms with Gasteiger partial charge in [0.2, 0.25) is 11.8 Å². The first-order valence-electron chi connectivity index (χ1n) is 14.0. The number of nitrogens with zero attached hydrogens (tertiary/aromatic N) is 3. The number of aromatic hydroxyl groups is 1. The molecule has 0 bridgehead atoms. The number of benzene rings is 2. The van der Waals surface area contributed by atoms with Gasteiger partial charge in [-0.1, -0.05) is 57.2 Å². The van der Waals surface area contributed by atoms with Crippen LogP contribution in [0.2, 0.25) is 0 Å². The molecule has 8 nitrogen and oxygen atoms in total. The number of pyridine rings is 1. The van der Waals surface area contributed by atoms with Gasteiger partial charge in [-0.2, -0.15) is 5.10 Å². The highest BCUT2D eigenvalue weighted by atomic mass is 16.3. The van der Waals surface area contributed by atoms with E-state index in [-0.39, 0.29) is 29.9 Å². The lowest BCUT2D eigenvalue weighted by Crippen LogP contribution is -2.45. The Kier molecular flexibility index (Phi) is 9.55. The molecule has 0 aliphatic carbocycles. The molecule has 0 saturated carbocycles. The number of carbonyl (C=O) groups excluding carboxylic acids is 2. The van der Waals surface area contributed by atoms with Gasteiger partial charge in [0, 0.05) is 36.5 Å². The summed E-state index contributed by atoms with van der Waals surface area (Å²) in [5.41, 5.74) is 11.8. The number of nitrogens with two attached hydrogens (primary N) is 1. The van der Waals surface area contributed by atoms with Gasteiger partial charge in [-0.25, -0.2) is 0 Å². The molecule has 2 aromatic carbocycles. The molecule has 0 radical (unpaired) electrons. The molecule has 8 heteroatoms. The number of amides is 2. The van der Waals surface area contributed by atoms with Crippen LogP contribution in [0.1, 0.15) is 62.4 Å². The number of rotatable bonds is 12. The van der Waals surface area contributed by atoms with Crippen molar-refractivity contribution in [3.63, 3.8) is 0 Å². The van der Waals surface area contributed by atoms with E-state index in [0.29, 0.717) is 13.0 Å². The Morgan fingerprint density at radius 2 is 1.71 bits per heavy atom. The summed E-state index contributed by atoms with van der Waals surface area (Å²) < 4.78 is 2.04. The van der Waals surface area contributed by atoms with E-state index in [9.17, 15) is 14.7 Å². The molecule has 4 rings (SSSR count). The molecule has 0 saturated heterocycles. The Hall–Kier alpha value is -4.46. The maximum absolute atomic E-state index is 12.6. The summed E-state index contributed by atoms with van der Waals surface area (Å²) in [4.78, 5) is 28.8. The van der Waals surface area contributed by atoms with Crippen LogP contribution in [-0.2, 0) is 34.4 Å². The van der Waals surface area contributed by atoms with Crippen molar-refractivity contribution in [1.82, 2.24) is 20.1 Å². The molecule has 2 amide bonds. The van der Waals surface area contributed by atoms with Crippen LogP contribution in [-0.4, -0.2) is 37.7 Å². The second-order valence-electron chi connectivity index (χ2n) is 11.5. The molecule has 4 aromatic rings. The van der Waals surface area contributed by atoms with E-state index in [1.54, 1.807) is 30.5 Å². The third-order valence-electron chi connectivity index (χ3n) is 7.11. The molecule has 2 aromatic heterocycles. The standard InChI is InChI=1S/C33H39N5O3/c1-33(2,3)26-14-10-24(11-15-26)22-38-27(20-29(37-38)25-7-6-18-35-21-25)8-4-5-9-31(40)36-30(32(34)41)19-23-12-16-28(39)17-13-23/h6-7,10-18,20-21,30,39H,4-5,8-9,19,22H2,1-3H3,(H2,34,41)(H,36,40)/t30-/m0/s1. The van der Waals surface area contributed by atoms with Crippen molar-refractivity contribution in [1.29, 1.82) is 0 Å². The molecule has 4 N–H and O–H groups in total. The van der Waals surface area contributed by atoms with E-state index in [0.717, 1.165) is 35.4 Å². The van der Waals surface area contributed by atoms with Gasteiger partial charge >= 0.3 is 0 Å². The molecule has 0 unspecified atom stereocenters. The topological polar surface area (TPSA) is 123 Å². The molecule has 0 aliphatic heterocycles. The molecule has 1 atom stereocenters. The summed E-state index contributed by atoms with van der Waals surface area (Å²) in [6, 6.07) is 20.4. The Balaban J connectivity index is 1.37. The molecule has 0 spiro atoms. The minimum absolute atomic E-state index is 0.0954. The summed E-state index contributed by atoms with van der Waals surface area (Å²) in [7, 11) is 0. The van der Waals surface area contributed by atoms with Crippen LogP contribution < -0.4 is 11.1 Å². The zero-order valence-corrected chi connectivity index (χ0v) is 24.0. The first-order valence-corrected chi connectivity index (χ1v) is 14.0. The molecule has 2 heterocycles. The van der Waals surface area contributed by atoms with E-state index in [1.807, 2.05) is 23.0 Å². The van der Waals surface area contributed by atoms with Crippen LogP contribution in [0.25, 0.3) is 11.3 Å². The predicted octanol–water partition coefficient (Wildman–Crippen LogP) is 4.92. The summed E-state index contributed by atoms with van der Waals surface area (Å²) in [5.74, 6) is -0.661. The Bertz CT molecular complexity index is 1440. The summed E-state index contributed by atoms with van der Waals surface area (Å²) in [6.45, 7) is 7.27. The number of phenolic OH excluding ortho intramolecular Hbond substituents is 1. The lowest BCUT2D eigenvalue weighted by Gasteiger charge is -2.19. The Morgan fingerprint density at radius 3 is 2.34 bits per heavy atom. The first-order chi connectivity index (χ1) is 19.6. The quantitative estimate of drug-likeness (QED) is 0.215. The van der Waals surface area contributed by atoms with Gasteiger partial charge in [-0.3, -0.25) is 19.3 Å². The average molecular weight is 554 g/mol. The van der Waals surface area contributed by atoms with Crippen molar-refractivity contribution in [3.05, 3.63) is 102 Å². The summed E-state index contributed by atoms with van der Waals surface area (Å²) in [6.07, 6.45) is 6.32. The normalized spacial score (nSPS) is 12.2. The number of phenols is 1. The van der Waals surface area contributed by atoms with Crippen LogP contribution in [0.5, 0.6) is 5.75 Å². The van der Waals surface area contributed by atoms with E-state index < -0.39 is 11.9 Å². The third kappa shape index (κ3) is 8.51. The molecule has 41 heavy (non-hydrogen) atoms. The van der Waals surface area contributed by atoms with Gasteiger partial charge in [0.15, 0.2) is 0 Å². The highest BCUT2D eigenvalue weighted by molar-refractivity contribution is 5.86. The number of hydrogen-bond acceptors (Lipinski definition) is 5. The smallest absolute Gasteiger partial charge is 0.240 e. The molecule has 214 valence electrons. The largest absolute Gasteiger partial charge is 0.508 e. The number of unbranched alkanes of at least 4 members (excludes halogenated alkanes) is 1. The van der Waals surface area contributed by atoms with Gasteiger partial charge in [0.1, 0.15) is 11.8 Å². The van der Waals surface area contributed by atoms with Gasteiger partial charge in [0.25, 0.3) is 0 Å². The van der Waals surface area contributed by atoms with E-state index in [1.165, 1.54) is 11.1 Å². The molecule has 0 aliphatic rings. The van der Waals surface area contributed by atoms with Crippen LogP contribution in [0, 0.1) is 0 Å². The lowest BCUT2D eigenvalue weighted by atomic mass is 9.87. The molecular weight excluding hydrogens is 514 g/mol. The van der Waals surface area contributed by atoms with Crippen molar-refractivity contribution in [2.45, 2.75) is 70.9 Å². The van der Waals surface area contributed by atoms with Crippen molar-refractivity contribution in [2.24, 2.45) is 5.73 Å². The van der Waals surface area contributed by atoms with Gasteiger partial charge in [-0.05, 0) is 71.7 Å². The van der Waals surface area contributed by atoms with Crippen LogP contribution >= 0.6 is 0 Å². The number of carbonyl (C=O) groups is 2. The second kappa shape index (κ2) is 13.3. The summed E-state index contributed by atoms with van der Waals surface area (Å²) in [5, 5.41) is 17.1. The monoisotopic (exact) mass is 553 g/mol. The highest BCUT2D eigenvalue weighted by Crippen LogP contribution is 2.24. The maximum atomic E-state index is 12.6. The third-order valence-corrected chi connectivity index (χ3v) is 7.11. The maximum Gasteiger partial charge on any atom is 0.240 e. The van der Waals surface area contributed by atoms with Gasteiger partial charge in [0.05, 0.1) is 12.2 Å². The van der Waals surface area contributed by atoms with Crippen molar-refractivity contribution < 1.29 is 14.7 Å². The average Bonchev–Trinajstić information content (AvgIpc) is 3.34. The summed E-state index contributed by atoms with van der Waals surface area (Å²) >= 11 is 0. The number of hydrogen-bond donors (Lipinski definition) is 3. The fraction of sp³-hybridized carbons (Fsp3) is 0.333. The fourth-order valence-electron chi connectivity index (χ4n) is 4.68. The number of nitrogens with one attached hydrogen (secondary N) is 1. The predicted molar refractivity (Wildman–Crippen MR) is 160 cm³/mol. The van der Waals surface area contributed by atoms with Crippen molar-refractivity contribution in [3.8, 4) is 17.0 Å². The molecule has 0 fully saturated rings. The van der Waals surface area contributed by atoms with Crippen molar-refractivity contribution >= 4 is 11.8 Å². The Morgan fingerprint density at radius 1 is 1.00 bits per heavy atom. The van der Waals surface area contributed by atoms with Crippen LogP contribution in [0.4, 0.5) is 0 Å². The van der Waals surface area contributed by atoms with Crippen molar-refractivity contribution in [2.75, 3.05) is 0 Å².